The number of carboxylic acids is 1. The quantitative estimate of drug-likeness (QED) is 0.643. The molecule has 0 radical (unpaired) electrons. The molecule has 0 heterocycles. The lowest BCUT2D eigenvalue weighted by molar-refractivity contribution is -0.131. The zero-order valence-corrected chi connectivity index (χ0v) is 10.8. The smallest absolute Gasteiger partial charge is 0.341 e. The van der Waals surface area contributed by atoms with Gasteiger partial charge in [0.1, 0.15) is 17.1 Å². The number of carbonyl (C=O) groups excluding carboxylic acids is 1. The summed E-state index contributed by atoms with van der Waals surface area (Å²) in [6.45, 7) is 0. The van der Waals surface area contributed by atoms with Gasteiger partial charge in [-0.15, -0.1) is 0 Å². The lowest BCUT2D eigenvalue weighted by atomic mass is 10.1. The number of benzene rings is 1. The molecule has 0 saturated carbocycles. The molecule has 1 rings (SSSR count). The van der Waals surface area contributed by atoms with Gasteiger partial charge in [0.15, 0.2) is 0 Å². The van der Waals surface area contributed by atoms with Crippen molar-refractivity contribution in [3.63, 3.8) is 0 Å². The number of ether oxygens (including phenoxy) is 3. The van der Waals surface area contributed by atoms with Gasteiger partial charge in [0.2, 0.25) is 0 Å². The third-order valence-electron chi connectivity index (χ3n) is 2.36. The van der Waals surface area contributed by atoms with Crippen LogP contribution in [0.2, 0.25) is 0 Å². The van der Waals surface area contributed by atoms with Gasteiger partial charge in [-0.3, -0.25) is 0 Å². The van der Waals surface area contributed by atoms with Crippen molar-refractivity contribution in [1.82, 2.24) is 0 Å². The fourth-order valence-corrected chi connectivity index (χ4v) is 1.48. The van der Waals surface area contributed by atoms with Crippen molar-refractivity contribution in [3.8, 4) is 11.5 Å². The van der Waals surface area contributed by atoms with Crippen LogP contribution in [0.25, 0.3) is 6.08 Å². The predicted octanol–water partition coefficient (Wildman–Crippen LogP) is 1.59. The van der Waals surface area contributed by atoms with E-state index in [0.717, 1.165) is 6.08 Å². The summed E-state index contributed by atoms with van der Waals surface area (Å²) in [6.07, 6.45) is 2.28. The molecule has 0 aliphatic rings. The summed E-state index contributed by atoms with van der Waals surface area (Å²) in [5, 5.41) is 8.62. The Labute approximate surface area is 110 Å². The van der Waals surface area contributed by atoms with Crippen molar-refractivity contribution in [2.24, 2.45) is 0 Å². The molecular weight excluding hydrogens is 252 g/mol. The van der Waals surface area contributed by atoms with Crippen molar-refractivity contribution in [2.45, 2.75) is 0 Å². The molecular formula is C13H14O6. The molecule has 0 saturated heterocycles. The van der Waals surface area contributed by atoms with Crippen LogP contribution in [0.1, 0.15) is 15.9 Å². The second-order valence-corrected chi connectivity index (χ2v) is 3.46. The van der Waals surface area contributed by atoms with Gasteiger partial charge in [-0.05, 0) is 12.1 Å². The van der Waals surface area contributed by atoms with Crippen LogP contribution < -0.4 is 9.47 Å². The largest absolute Gasteiger partial charge is 0.496 e. The monoisotopic (exact) mass is 266 g/mol. The van der Waals surface area contributed by atoms with Crippen molar-refractivity contribution in [3.05, 3.63) is 29.3 Å². The fourth-order valence-electron chi connectivity index (χ4n) is 1.48. The maximum atomic E-state index is 11.6. The van der Waals surface area contributed by atoms with Gasteiger partial charge in [0.25, 0.3) is 0 Å². The van der Waals surface area contributed by atoms with E-state index in [4.69, 9.17) is 14.6 Å². The Balaban J connectivity index is 3.36. The minimum atomic E-state index is -1.10. The molecule has 0 fully saturated rings. The van der Waals surface area contributed by atoms with Crippen LogP contribution in [-0.2, 0) is 9.53 Å². The molecule has 1 N–H and O–H groups in total. The zero-order chi connectivity index (χ0) is 14.4. The van der Waals surface area contributed by atoms with E-state index in [1.54, 1.807) is 0 Å². The Morgan fingerprint density at radius 1 is 1.11 bits per heavy atom. The molecule has 6 nitrogen and oxygen atoms in total. The van der Waals surface area contributed by atoms with Gasteiger partial charge in [-0.2, -0.15) is 0 Å². The second-order valence-electron chi connectivity index (χ2n) is 3.46. The normalized spacial score (nSPS) is 10.3. The molecule has 0 amide bonds. The first kappa shape index (κ1) is 14.6. The van der Waals surface area contributed by atoms with E-state index in [9.17, 15) is 9.59 Å². The number of methoxy groups -OCH3 is 3. The number of rotatable bonds is 5. The van der Waals surface area contributed by atoms with Crippen LogP contribution in [0.5, 0.6) is 11.5 Å². The third kappa shape index (κ3) is 3.48. The molecule has 0 aliphatic heterocycles. The highest BCUT2D eigenvalue weighted by atomic mass is 16.5. The van der Waals surface area contributed by atoms with Crippen molar-refractivity contribution >= 4 is 18.0 Å². The summed E-state index contributed by atoms with van der Waals surface area (Å²) in [5.74, 6) is -1.000. The Morgan fingerprint density at radius 3 is 2.21 bits per heavy atom. The van der Waals surface area contributed by atoms with Crippen molar-refractivity contribution < 1.29 is 28.9 Å². The average molecular weight is 266 g/mol. The van der Waals surface area contributed by atoms with Gasteiger partial charge in [0, 0.05) is 17.7 Å². The molecule has 0 unspecified atom stereocenters. The van der Waals surface area contributed by atoms with Gasteiger partial charge < -0.3 is 19.3 Å². The molecule has 0 bridgehead atoms. The van der Waals surface area contributed by atoms with Gasteiger partial charge in [-0.1, -0.05) is 0 Å². The topological polar surface area (TPSA) is 82.1 Å². The van der Waals surface area contributed by atoms with Crippen molar-refractivity contribution in [1.29, 1.82) is 0 Å². The highest BCUT2D eigenvalue weighted by molar-refractivity contribution is 5.94. The van der Waals surface area contributed by atoms with E-state index in [0.29, 0.717) is 11.3 Å². The maximum Gasteiger partial charge on any atom is 0.341 e. The maximum absolute atomic E-state index is 11.6. The Bertz CT molecular complexity index is 518. The van der Waals surface area contributed by atoms with E-state index in [1.807, 2.05) is 0 Å². The average Bonchev–Trinajstić information content (AvgIpc) is 2.42. The van der Waals surface area contributed by atoms with Crippen LogP contribution in [0.3, 0.4) is 0 Å². The van der Waals surface area contributed by atoms with Crippen LogP contribution in [0.15, 0.2) is 18.2 Å². The van der Waals surface area contributed by atoms with Gasteiger partial charge in [0.05, 0.1) is 21.3 Å². The standard InChI is InChI=1S/C13H14O6/c1-17-10-7-11(18-2)9(13(16)19-3)6-8(10)4-5-12(14)15/h4-7H,1-3H3,(H,14,15)/b5-4-. The first-order valence-electron chi connectivity index (χ1n) is 5.28. The molecule has 6 heteroatoms. The SMILES string of the molecule is COC(=O)c1cc(/C=C\C(=O)O)c(OC)cc1OC. The predicted molar refractivity (Wildman–Crippen MR) is 67.6 cm³/mol. The van der Waals surface area contributed by atoms with Crippen LogP contribution >= 0.6 is 0 Å². The Morgan fingerprint density at radius 2 is 1.74 bits per heavy atom. The number of esters is 1. The van der Waals surface area contributed by atoms with Crippen LogP contribution in [0, 0.1) is 0 Å². The fraction of sp³-hybridized carbons (Fsp3) is 0.231. The lowest BCUT2D eigenvalue weighted by Crippen LogP contribution is -2.05. The summed E-state index contributed by atoms with van der Waals surface area (Å²) in [5.41, 5.74) is 0.627. The number of hydrogen-bond donors (Lipinski definition) is 1. The first-order chi connectivity index (χ1) is 9.03. The minimum Gasteiger partial charge on any atom is -0.496 e. The zero-order valence-electron chi connectivity index (χ0n) is 10.8. The third-order valence-corrected chi connectivity index (χ3v) is 2.36. The molecule has 1 aromatic rings. The van der Waals surface area contributed by atoms with Crippen LogP contribution in [0.4, 0.5) is 0 Å². The Hall–Kier alpha value is -2.50. The lowest BCUT2D eigenvalue weighted by Gasteiger charge is -2.11. The molecule has 102 valence electrons. The molecule has 1 aromatic carbocycles. The summed E-state index contributed by atoms with van der Waals surface area (Å²) >= 11 is 0. The molecule has 0 atom stereocenters. The summed E-state index contributed by atoms with van der Waals surface area (Å²) in [7, 11) is 4.09. The van der Waals surface area contributed by atoms with E-state index in [2.05, 4.69) is 4.74 Å². The van der Waals surface area contributed by atoms with E-state index >= 15 is 0 Å². The summed E-state index contributed by atoms with van der Waals surface area (Å²) in [6, 6.07) is 2.94. The molecule has 19 heavy (non-hydrogen) atoms. The van der Waals surface area contributed by atoms with E-state index in [-0.39, 0.29) is 11.3 Å². The number of hydrogen-bond acceptors (Lipinski definition) is 5. The number of aliphatic carboxylic acids is 1. The Kier molecular flexibility index (Phi) is 4.93. The second kappa shape index (κ2) is 6.44. The van der Waals surface area contributed by atoms with E-state index < -0.39 is 11.9 Å². The number of carboxylic acid groups (broad SMARTS) is 1. The summed E-state index contributed by atoms with van der Waals surface area (Å²) < 4.78 is 14.8. The van der Waals surface area contributed by atoms with Gasteiger partial charge in [-0.25, -0.2) is 9.59 Å². The highest BCUT2D eigenvalue weighted by Crippen LogP contribution is 2.30. The first-order valence-corrected chi connectivity index (χ1v) is 5.28. The van der Waals surface area contributed by atoms with Crippen LogP contribution in [-0.4, -0.2) is 38.4 Å². The highest BCUT2D eigenvalue weighted by Gasteiger charge is 2.16. The van der Waals surface area contributed by atoms with Crippen molar-refractivity contribution in [2.75, 3.05) is 21.3 Å². The molecule has 0 spiro atoms. The summed E-state index contributed by atoms with van der Waals surface area (Å²) in [4.78, 5) is 22.1. The minimum absolute atomic E-state index is 0.191. The number of carbonyl (C=O) groups is 2. The molecule has 0 aromatic heterocycles. The van der Waals surface area contributed by atoms with Gasteiger partial charge >= 0.3 is 11.9 Å². The van der Waals surface area contributed by atoms with E-state index in [1.165, 1.54) is 39.5 Å². The molecule has 0 aliphatic carbocycles.